The molecular formula is C27H45O2P. The van der Waals surface area contributed by atoms with Crippen LogP contribution in [0.15, 0.2) is 11.6 Å². The van der Waals surface area contributed by atoms with E-state index in [0.717, 1.165) is 48.3 Å². The summed E-state index contributed by atoms with van der Waals surface area (Å²) in [6.07, 6.45) is 17.4. The highest BCUT2D eigenvalue weighted by molar-refractivity contribution is 7.17. The van der Waals surface area contributed by atoms with Crippen molar-refractivity contribution in [3.63, 3.8) is 0 Å². The van der Waals surface area contributed by atoms with Gasteiger partial charge in [0.2, 0.25) is 0 Å². The van der Waals surface area contributed by atoms with Crippen molar-refractivity contribution >= 4 is 8.69 Å². The maximum absolute atomic E-state index is 10.9. The number of hydrogen-bond acceptors (Lipinski definition) is 2. The standard InChI is InChI=1S/C27H45O2P/c1-18(2)7-6-8-19(3)23-11-12-24-22-10-9-20-17-21(29-30-28)13-15-26(20,4)25(22)14-16-27(23,24)5/h9,18-19,21-25H,6-8,10-17H2,1-5H3/t19-,21+,22+,23-,24+,25+,26+,27-/m1/s1. The molecule has 170 valence electrons. The van der Waals surface area contributed by atoms with Gasteiger partial charge in [-0.2, -0.15) is 0 Å². The quantitative estimate of drug-likeness (QED) is 0.297. The zero-order valence-electron chi connectivity index (χ0n) is 20.2. The zero-order valence-corrected chi connectivity index (χ0v) is 21.1. The molecule has 0 unspecified atom stereocenters. The largest absolute Gasteiger partial charge is 0.327 e. The third-order valence-electron chi connectivity index (χ3n) is 10.5. The summed E-state index contributed by atoms with van der Waals surface area (Å²) in [4.78, 5) is 0. The Morgan fingerprint density at radius 2 is 1.87 bits per heavy atom. The van der Waals surface area contributed by atoms with E-state index in [1.54, 1.807) is 5.57 Å². The molecule has 4 aliphatic rings. The van der Waals surface area contributed by atoms with E-state index >= 15 is 0 Å². The Morgan fingerprint density at radius 1 is 1.07 bits per heavy atom. The Bertz CT molecular complexity index is 657. The first-order valence-corrected chi connectivity index (χ1v) is 13.7. The van der Waals surface area contributed by atoms with Crippen LogP contribution in [0.25, 0.3) is 0 Å². The van der Waals surface area contributed by atoms with Crippen LogP contribution in [0.4, 0.5) is 0 Å². The number of hydrogen-bond donors (Lipinski definition) is 0. The molecule has 3 fully saturated rings. The summed E-state index contributed by atoms with van der Waals surface area (Å²) in [6, 6.07) is 0. The molecule has 0 N–H and O–H groups in total. The molecule has 0 aromatic rings. The smallest absolute Gasteiger partial charge is 0.291 e. The minimum Gasteiger partial charge on any atom is -0.291 e. The maximum Gasteiger partial charge on any atom is 0.327 e. The Labute approximate surface area is 187 Å². The van der Waals surface area contributed by atoms with Crippen molar-refractivity contribution in [2.75, 3.05) is 0 Å². The molecule has 0 spiro atoms. The molecule has 3 saturated carbocycles. The fraction of sp³-hybridized carbons (Fsp3) is 0.926. The molecule has 8 atom stereocenters. The van der Waals surface area contributed by atoms with Crippen LogP contribution in [-0.2, 0) is 9.09 Å². The summed E-state index contributed by atoms with van der Waals surface area (Å²) in [5.41, 5.74) is 2.57. The number of rotatable bonds is 7. The van der Waals surface area contributed by atoms with Gasteiger partial charge in [-0.05, 0) is 97.7 Å². The van der Waals surface area contributed by atoms with Crippen LogP contribution in [0.2, 0.25) is 0 Å². The van der Waals surface area contributed by atoms with E-state index in [2.05, 4.69) is 40.7 Å². The van der Waals surface area contributed by atoms with Gasteiger partial charge in [-0.3, -0.25) is 4.52 Å². The van der Waals surface area contributed by atoms with E-state index in [4.69, 9.17) is 4.52 Å². The maximum atomic E-state index is 10.9. The predicted molar refractivity (Wildman–Crippen MR) is 126 cm³/mol. The molecule has 0 amide bonds. The summed E-state index contributed by atoms with van der Waals surface area (Å²) >= 11 is 0. The van der Waals surface area contributed by atoms with Gasteiger partial charge < -0.3 is 0 Å². The predicted octanol–water partition coefficient (Wildman–Crippen LogP) is 8.62. The highest BCUT2D eigenvalue weighted by Gasteiger charge is 2.59. The van der Waals surface area contributed by atoms with Gasteiger partial charge in [0.15, 0.2) is 0 Å². The van der Waals surface area contributed by atoms with E-state index in [9.17, 15) is 4.57 Å². The highest BCUT2D eigenvalue weighted by atomic mass is 31.1. The van der Waals surface area contributed by atoms with Gasteiger partial charge in [0.1, 0.15) is 0 Å². The van der Waals surface area contributed by atoms with Crippen molar-refractivity contribution < 1.29 is 9.09 Å². The van der Waals surface area contributed by atoms with Crippen molar-refractivity contribution in [2.24, 2.45) is 46.3 Å². The normalized spacial score (nSPS) is 44.3. The van der Waals surface area contributed by atoms with E-state index in [0.29, 0.717) is 10.8 Å². The first-order valence-electron chi connectivity index (χ1n) is 13.0. The van der Waals surface area contributed by atoms with Gasteiger partial charge in [0, 0.05) is 0 Å². The molecule has 3 heteroatoms. The van der Waals surface area contributed by atoms with Gasteiger partial charge in [-0.1, -0.05) is 65.5 Å². The average molecular weight is 433 g/mol. The molecule has 0 heterocycles. The zero-order chi connectivity index (χ0) is 21.5. The fourth-order valence-corrected chi connectivity index (χ4v) is 9.10. The number of allylic oxidation sites excluding steroid dienone is 1. The van der Waals surface area contributed by atoms with Crippen LogP contribution in [0.3, 0.4) is 0 Å². The average Bonchev–Trinajstić information content (AvgIpc) is 3.05. The molecule has 0 aliphatic heterocycles. The molecule has 0 aromatic heterocycles. The summed E-state index contributed by atoms with van der Waals surface area (Å²) in [5, 5.41) is 0. The van der Waals surface area contributed by atoms with E-state index in [-0.39, 0.29) is 14.8 Å². The van der Waals surface area contributed by atoms with Crippen molar-refractivity contribution in [1.29, 1.82) is 0 Å². The topological polar surface area (TPSA) is 26.3 Å². The summed E-state index contributed by atoms with van der Waals surface area (Å²) in [7, 11) is -0.147. The lowest BCUT2D eigenvalue weighted by molar-refractivity contribution is -0.0554. The molecule has 30 heavy (non-hydrogen) atoms. The minimum absolute atomic E-state index is 0.147. The molecule has 4 rings (SSSR count). The summed E-state index contributed by atoms with van der Waals surface area (Å²) in [6.45, 7) is 12.5. The SMILES string of the molecule is CC(C)CCC[C@@H](C)[C@H]1CC[C@H]2[C@@H]3CC=C4C[C@@H](OP=O)CC[C@]4(C)[C@H]3CC[C@]12C. The van der Waals surface area contributed by atoms with Crippen LogP contribution < -0.4 is 0 Å². The second kappa shape index (κ2) is 8.97. The number of fused-ring (bicyclic) bond motifs is 5. The van der Waals surface area contributed by atoms with Crippen LogP contribution in [0.5, 0.6) is 0 Å². The van der Waals surface area contributed by atoms with Crippen molar-refractivity contribution in [2.45, 2.75) is 111 Å². The van der Waals surface area contributed by atoms with Gasteiger partial charge in [-0.25, -0.2) is 4.57 Å². The second-order valence-corrected chi connectivity index (χ2v) is 12.7. The molecule has 0 bridgehead atoms. The lowest BCUT2D eigenvalue weighted by atomic mass is 9.47. The third-order valence-corrected chi connectivity index (χ3v) is 10.8. The fourth-order valence-electron chi connectivity index (χ4n) is 8.80. The minimum atomic E-state index is -0.147. The Morgan fingerprint density at radius 3 is 2.60 bits per heavy atom. The molecule has 0 aromatic carbocycles. The molecule has 0 saturated heterocycles. The molecule has 2 nitrogen and oxygen atoms in total. The third kappa shape index (κ3) is 3.98. The summed E-state index contributed by atoms with van der Waals surface area (Å²) in [5.74, 6) is 5.35. The first kappa shape index (κ1) is 23.0. The molecule has 0 radical (unpaired) electrons. The lowest BCUT2D eigenvalue weighted by Gasteiger charge is -2.58. The highest BCUT2D eigenvalue weighted by Crippen LogP contribution is 2.67. The van der Waals surface area contributed by atoms with Gasteiger partial charge in [0.25, 0.3) is 0 Å². The Balaban J connectivity index is 1.47. The van der Waals surface area contributed by atoms with Crippen molar-refractivity contribution in [3.05, 3.63) is 11.6 Å². The van der Waals surface area contributed by atoms with Crippen LogP contribution in [-0.4, -0.2) is 6.10 Å². The molecule has 4 aliphatic carbocycles. The van der Waals surface area contributed by atoms with Gasteiger partial charge in [-0.15, -0.1) is 0 Å². The van der Waals surface area contributed by atoms with Crippen molar-refractivity contribution in [3.8, 4) is 0 Å². The van der Waals surface area contributed by atoms with E-state index in [1.165, 1.54) is 57.8 Å². The first-order chi connectivity index (χ1) is 14.3. The van der Waals surface area contributed by atoms with Crippen LogP contribution in [0.1, 0.15) is 105 Å². The Hall–Kier alpha value is -0.200. The van der Waals surface area contributed by atoms with Gasteiger partial charge in [0.05, 0.1) is 6.10 Å². The second-order valence-electron chi connectivity index (χ2n) is 12.3. The Kier molecular flexibility index (Phi) is 6.87. The van der Waals surface area contributed by atoms with E-state index < -0.39 is 0 Å². The monoisotopic (exact) mass is 432 g/mol. The van der Waals surface area contributed by atoms with Crippen molar-refractivity contribution in [1.82, 2.24) is 0 Å². The van der Waals surface area contributed by atoms with Gasteiger partial charge >= 0.3 is 8.69 Å². The van der Waals surface area contributed by atoms with Crippen LogP contribution in [0, 0.1) is 46.3 Å². The lowest BCUT2D eigenvalue weighted by Crippen LogP contribution is -2.50. The molecular weight excluding hydrogens is 387 g/mol. The van der Waals surface area contributed by atoms with Crippen LogP contribution >= 0.6 is 8.69 Å². The summed E-state index contributed by atoms with van der Waals surface area (Å²) < 4.78 is 16.4. The van der Waals surface area contributed by atoms with E-state index in [1.807, 2.05) is 0 Å².